The molecule has 0 N–H and O–H groups in total. The molecule has 1 fully saturated rings. The van der Waals surface area contributed by atoms with Crippen molar-refractivity contribution in [1.29, 1.82) is 0 Å². The molecule has 4 nitrogen and oxygen atoms in total. The number of benzene rings is 2. The van der Waals surface area contributed by atoms with Crippen LogP contribution in [0.3, 0.4) is 0 Å². The standard InChI is InChI=1S/C20H24FNO3/c1-23-18-5-3-4-15(10-18)11-19-14-22(8-9-25-19)13-16-6-7-17(21)12-20(16)24-2/h3-7,10,12,19H,8-9,11,13-14H2,1-2H3/t19-/m0/s1. The van der Waals surface area contributed by atoms with E-state index in [4.69, 9.17) is 14.2 Å². The van der Waals surface area contributed by atoms with Crippen LogP contribution in [0.15, 0.2) is 42.5 Å². The molecule has 0 aliphatic carbocycles. The van der Waals surface area contributed by atoms with Gasteiger partial charge in [0.1, 0.15) is 17.3 Å². The molecule has 0 radical (unpaired) electrons. The normalized spacial score (nSPS) is 18.1. The Bertz CT molecular complexity index is 707. The Morgan fingerprint density at radius 2 is 2.04 bits per heavy atom. The largest absolute Gasteiger partial charge is 0.497 e. The lowest BCUT2D eigenvalue weighted by Gasteiger charge is -2.33. The first-order valence-corrected chi connectivity index (χ1v) is 8.47. The first-order valence-electron chi connectivity index (χ1n) is 8.47. The zero-order valence-electron chi connectivity index (χ0n) is 14.7. The van der Waals surface area contributed by atoms with Gasteiger partial charge in [-0.3, -0.25) is 4.90 Å². The molecular formula is C20H24FNO3. The molecule has 5 heteroatoms. The minimum absolute atomic E-state index is 0.132. The third-order valence-corrected chi connectivity index (χ3v) is 4.46. The number of rotatable bonds is 6. The highest BCUT2D eigenvalue weighted by atomic mass is 19.1. The summed E-state index contributed by atoms with van der Waals surface area (Å²) >= 11 is 0. The molecule has 1 saturated heterocycles. The number of methoxy groups -OCH3 is 2. The molecule has 1 atom stereocenters. The average molecular weight is 345 g/mol. The van der Waals surface area contributed by atoms with Crippen LogP contribution in [-0.2, 0) is 17.7 Å². The van der Waals surface area contributed by atoms with Crippen LogP contribution in [0.1, 0.15) is 11.1 Å². The molecule has 2 aromatic rings. The van der Waals surface area contributed by atoms with E-state index in [0.717, 1.165) is 37.4 Å². The van der Waals surface area contributed by atoms with Crippen molar-refractivity contribution >= 4 is 0 Å². The van der Waals surface area contributed by atoms with Gasteiger partial charge in [-0.2, -0.15) is 0 Å². The second kappa shape index (κ2) is 8.32. The van der Waals surface area contributed by atoms with Crippen molar-refractivity contribution in [2.45, 2.75) is 19.1 Å². The lowest BCUT2D eigenvalue weighted by atomic mass is 10.1. The highest BCUT2D eigenvalue weighted by molar-refractivity contribution is 5.34. The Hall–Kier alpha value is -2.11. The van der Waals surface area contributed by atoms with Crippen molar-refractivity contribution in [3.05, 3.63) is 59.4 Å². The summed E-state index contributed by atoms with van der Waals surface area (Å²) in [5.41, 5.74) is 2.19. The van der Waals surface area contributed by atoms with E-state index in [1.165, 1.54) is 17.7 Å². The maximum atomic E-state index is 13.4. The van der Waals surface area contributed by atoms with Gasteiger partial charge < -0.3 is 14.2 Å². The first-order chi connectivity index (χ1) is 12.2. The topological polar surface area (TPSA) is 30.9 Å². The Morgan fingerprint density at radius 3 is 2.84 bits per heavy atom. The van der Waals surface area contributed by atoms with Crippen LogP contribution in [0.4, 0.5) is 4.39 Å². The van der Waals surface area contributed by atoms with E-state index in [0.29, 0.717) is 12.4 Å². The summed E-state index contributed by atoms with van der Waals surface area (Å²) in [4.78, 5) is 2.32. The van der Waals surface area contributed by atoms with Gasteiger partial charge in [-0.1, -0.05) is 18.2 Å². The maximum Gasteiger partial charge on any atom is 0.126 e. The van der Waals surface area contributed by atoms with Crippen molar-refractivity contribution in [3.8, 4) is 11.5 Å². The van der Waals surface area contributed by atoms with Crippen molar-refractivity contribution < 1.29 is 18.6 Å². The summed E-state index contributed by atoms with van der Waals surface area (Å²) in [7, 11) is 3.25. The quantitative estimate of drug-likeness (QED) is 0.804. The van der Waals surface area contributed by atoms with Gasteiger partial charge >= 0.3 is 0 Å². The fraction of sp³-hybridized carbons (Fsp3) is 0.400. The molecule has 1 aliphatic rings. The van der Waals surface area contributed by atoms with Crippen LogP contribution in [0.25, 0.3) is 0 Å². The Labute approximate surface area is 148 Å². The fourth-order valence-corrected chi connectivity index (χ4v) is 3.20. The molecule has 25 heavy (non-hydrogen) atoms. The van der Waals surface area contributed by atoms with E-state index >= 15 is 0 Å². The SMILES string of the molecule is COc1cccc(C[C@H]2CN(Cc3ccc(F)cc3OC)CCO2)c1. The number of nitrogens with zero attached hydrogens (tertiary/aromatic N) is 1. The maximum absolute atomic E-state index is 13.4. The van der Waals surface area contributed by atoms with Gasteiger partial charge in [0.25, 0.3) is 0 Å². The lowest BCUT2D eigenvalue weighted by molar-refractivity contribution is -0.0306. The summed E-state index contributed by atoms with van der Waals surface area (Å²) in [5.74, 6) is 1.18. The summed E-state index contributed by atoms with van der Waals surface area (Å²) in [6.07, 6.45) is 0.973. The van der Waals surface area contributed by atoms with Crippen LogP contribution in [0.5, 0.6) is 11.5 Å². The number of halogens is 1. The van der Waals surface area contributed by atoms with E-state index in [1.54, 1.807) is 20.3 Å². The summed E-state index contributed by atoms with van der Waals surface area (Å²) in [6, 6.07) is 12.8. The number of hydrogen-bond acceptors (Lipinski definition) is 4. The van der Waals surface area contributed by atoms with E-state index < -0.39 is 0 Å². The van der Waals surface area contributed by atoms with Crippen LogP contribution >= 0.6 is 0 Å². The Morgan fingerprint density at radius 1 is 1.16 bits per heavy atom. The molecule has 0 spiro atoms. The van der Waals surface area contributed by atoms with Gasteiger partial charge in [-0.05, 0) is 23.8 Å². The molecule has 1 heterocycles. The molecule has 0 bridgehead atoms. The molecule has 1 aliphatic heterocycles. The third-order valence-electron chi connectivity index (χ3n) is 4.46. The van der Waals surface area contributed by atoms with E-state index in [2.05, 4.69) is 11.0 Å². The second-order valence-electron chi connectivity index (χ2n) is 6.24. The van der Waals surface area contributed by atoms with Crippen LogP contribution in [0.2, 0.25) is 0 Å². The molecule has 0 saturated carbocycles. The van der Waals surface area contributed by atoms with Crippen LogP contribution in [-0.4, -0.2) is 44.9 Å². The van der Waals surface area contributed by atoms with Gasteiger partial charge in [0.15, 0.2) is 0 Å². The highest BCUT2D eigenvalue weighted by Gasteiger charge is 2.22. The fourth-order valence-electron chi connectivity index (χ4n) is 3.20. The molecular weight excluding hydrogens is 321 g/mol. The zero-order chi connectivity index (χ0) is 17.6. The summed E-state index contributed by atoms with van der Waals surface area (Å²) in [5, 5.41) is 0. The lowest BCUT2D eigenvalue weighted by Crippen LogP contribution is -2.42. The first kappa shape index (κ1) is 17.7. The van der Waals surface area contributed by atoms with Gasteiger partial charge in [0.2, 0.25) is 0 Å². The van der Waals surface area contributed by atoms with E-state index in [-0.39, 0.29) is 11.9 Å². The van der Waals surface area contributed by atoms with Gasteiger partial charge in [0.05, 0.1) is 26.9 Å². The van der Waals surface area contributed by atoms with Crippen molar-refractivity contribution in [1.82, 2.24) is 4.90 Å². The van der Waals surface area contributed by atoms with Crippen LogP contribution in [0, 0.1) is 5.82 Å². The predicted octanol–water partition coefficient (Wildman–Crippen LogP) is 3.29. The summed E-state index contributed by atoms with van der Waals surface area (Å²) < 4.78 is 29.9. The molecule has 0 aromatic heterocycles. The number of morpholine rings is 1. The zero-order valence-corrected chi connectivity index (χ0v) is 14.7. The predicted molar refractivity (Wildman–Crippen MR) is 94.7 cm³/mol. The third kappa shape index (κ3) is 4.71. The Kier molecular flexibility index (Phi) is 5.89. The molecule has 2 aromatic carbocycles. The average Bonchev–Trinajstić information content (AvgIpc) is 2.63. The van der Waals surface area contributed by atoms with Gasteiger partial charge in [-0.15, -0.1) is 0 Å². The van der Waals surface area contributed by atoms with Crippen LogP contribution < -0.4 is 9.47 Å². The number of ether oxygens (including phenoxy) is 3. The number of hydrogen-bond donors (Lipinski definition) is 0. The minimum atomic E-state index is -0.279. The van der Waals surface area contributed by atoms with E-state index in [9.17, 15) is 4.39 Å². The second-order valence-corrected chi connectivity index (χ2v) is 6.24. The minimum Gasteiger partial charge on any atom is -0.497 e. The molecule has 0 amide bonds. The highest BCUT2D eigenvalue weighted by Crippen LogP contribution is 2.23. The van der Waals surface area contributed by atoms with E-state index in [1.807, 2.05) is 18.2 Å². The molecule has 134 valence electrons. The monoisotopic (exact) mass is 345 g/mol. The van der Waals surface area contributed by atoms with Gasteiger partial charge in [-0.25, -0.2) is 4.39 Å². The smallest absolute Gasteiger partial charge is 0.126 e. The van der Waals surface area contributed by atoms with Crippen molar-refractivity contribution in [2.24, 2.45) is 0 Å². The molecule has 0 unspecified atom stereocenters. The Balaban J connectivity index is 1.63. The van der Waals surface area contributed by atoms with Crippen molar-refractivity contribution in [2.75, 3.05) is 33.9 Å². The molecule has 3 rings (SSSR count). The summed E-state index contributed by atoms with van der Waals surface area (Å²) in [6.45, 7) is 3.10. The van der Waals surface area contributed by atoms with Crippen molar-refractivity contribution in [3.63, 3.8) is 0 Å². The van der Waals surface area contributed by atoms with Gasteiger partial charge in [0, 0.05) is 37.7 Å².